The Hall–Kier alpha value is -1.94. The van der Waals surface area contributed by atoms with Gasteiger partial charge in [-0.1, -0.05) is 37.8 Å². The van der Waals surface area contributed by atoms with Crippen LogP contribution in [0.25, 0.3) is 0 Å². The number of carbonyl (C=O) groups is 2. The fourth-order valence-electron chi connectivity index (χ4n) is 1.50. The Morgan fingerprint density at radius 2 is 1.89 bits per heavy atom. The molecular formula is C14H17NO3. The number of rotatable bonds is 6. The van der Waals surface area contributed by atoms with Gasteiger partial charge in [0.05, 0.1) is 0 Å². The zero-order valence-electron chi connectivity index (χ0n) is 10.3. The maximum Gasteiger partial charge on any atom is 0.320 e. The number of carboxylic acids is 1. The second-order valence-corrected chi connectivity index (χ2v) is 4.13. The summed E-state index contributed by atoms with van der Waals surface area (Å²) in [7, 11) is 0. The molecule has 1 aromatic rings. The maximum atomic E-state index is 11.8. The van der Waals surface area contributed by atoms with Crippen molar-refractivity contribution in [3.8, 4) is 0 Å². The van der Waals surface area contributed by atoms with Gasteiger partial charge in [0.1, 0.15) is 6.04 Å². The largest absolute Gasteiger partial charge is 0.480 e. The lowest BCUT2D eigenvalue weighted by Gasteiger charge is -2.07. The van der Waals surface area contributed by atoms with E-state index in [4.69, 9.17) is 10.8 Å². The summed E-state index contributed by atoms with van der Waals surface area (Å²) in [6, 6.07) is 5.87. The molecule has 1 aromatic carbocycles. The molecule has 0 unspecified atom stereocenters. The molecule has 0 spiro atoms. The lowest BCUT2D eigenvalue weighted by Crippen LogP contribution is -2.32. The van der Waals surface area contributed by atoms with E-state index in [9.17, 15) is 9.59 Å². The molecule has 96 valence electrons. The standard InChI is InChI=1S/C14H17NO3/c1-3-9(2)13(16)11-6-4-10(5-7-11)8-12(15)14(17)18/h4-7,12H,2-3,8,15H2,1H3,(H,17,18)/t12-/m0/s1. The van der Waals surface area contributed by atoms with Gasteiger partial charge in [-0.25, -0.2) is 0 Å². The van der Waals surface area contributed by atoms with Gasteiger partial charge in [-0.2, -0.15) is 0 Å². The molecule has 4 heteroatoms. The van der Waals surface area contributed by atoms with Crippen molar-refractivity contribution in [3.05, 3.63) is 47.5 Å². The Labute approximate surface area is 106 Å². The highest BCUT2D eigenvalue weighted by atomic mass is 16.4. The minimum absolute atomic E-state index is 0.0772. The van der Waals surface area contributed by atoms with Crippen LogP contribution >= 0.6 is 0 Å². The zero-order chi connectivity index (χ0) is 13.7. The van der Waals surface area contributed by atoms with Crippen molar-refractivity contribution >= 4 is 11.8 Å². The molecule has 0 aliphatic heterocycles. The predicted octanol–water partition coefficient (Wildman–Crippen LogP) is 1.79. The molecule has 0 bridgehead atoms. The lowest BCUT2D eigenvalue weighted by molar-refractivity contribution is -0.138. The Morgan fingerprint density at radius 3 is 2.33 bits per heavy atom. The molecule has 0 radical (unpaired) electrons. The summed E-state index contributed by atoms with van der Waals surface area (Å²) >= 11 is 0. The molecule has 0 aliphatic rings. The third-order valence-corrected chi connectivity index (χ3v) is 2.74. The van der Waals surface area contributed by atoms with E-state index in [-0.39, 0.29) is 12.2 Å². The van der Waals surface area contributed by atoms with Crippen LogP contribution in [0.1, 0.15) is 29.3 Å². The molecule has 0 amide bonds. The summed E-state index contributed by atoms with van der Waals surface area (Å²) < 4.78 is 0. The zero-order valence-corrected chi connectivity index (χ0v) is 10.3. The number of carboxylic acid groups (broad SMARTS) is 1. The third-order valence-electron chi connectivity index (χ3n) is 2.74. The molecular weight excluding hydrogens is 230 g/mol. The van der Waals surface area contributed by atoms with Gasteiger partial charge in [0, 0.05) is 5.56 Å². The van der Waals surface area contributed by atoms with Gasteiger partial charge in [-0.15, -0.1) is 0 Å². The lowest BCUT2D eigenvalue weighted by atomic mass is 9.99. The van der Waals surface area contributed by atoms with Crippen molar-refractivity contribution in [2.24, 2.45) is 5.73 Å². The second-order valence-electron chi connectivity index (χ2n) is 4.13. The van der Waals surface area contributed by atoms with E-state index in [2.05, 4.69) is 6.58 Å². The maximum absolute atomic E-state index is 11.8. The number of hydrogen-bond acceptors (Lipinski definition) is 3. The third kappa shape index (κ3) is 3.53. The highest BCUT2D eigenvalue weighted by Crippen LogP contribution is 2.12. The van der Waals surface area contributed by atoms with Gasteiger partial charge < -0.3 is 10.8 Å². The van der Waals surface area contributed by atoms with E-state index in [1.807, 2.05) is 6.92 Å². The number of nitrogens with two attached hydrogens (primary N) is 1. The molecule has 0 saturated carbocycles. The SMILES string of the molecule is C=C(CC)C(=O)c1ccc(C[C@H](N)C(=O)O)cc1. The summed E-state index contributed by atoms with van der Waals surface area (Å²) in [5.41, 5.74) is 7.36. The van der Waals surface area contributed by atoms with Gasteiger partial charge in [0.2, 0.25) is 0 Å². The van der Waals surface area contributed by atoms with Crippen LogP contribution in [-0.4, -0.2) is 22.9 Å². The first kappa shape index (κ1) is 14.1. The van der Waals surface area contributed by atoms with Gasteiger partial charge in [-0.05, 0) is 24.0 Å². The topological polar surface area (TPSA) is 80.4 Å². The first-order chi connectivity index (χ1) is 8.45. The van der Waals surface area contributed by atoms with Crippen LogP contribution in [0.15, 0.2) is 36.4 Å². The Bertz CT molecular complexity index is 462. The first-order valence-electron chi connectivity index (χ1n) is 5.75. The molecule has 1 atom stereocenters. The van der Waals surface area contributed by atoms with Gasteiger partial charge in [0.15, 0.2) is 5.78 Å². The van der Waals surface area contributed by atoms with Gasteiger partial charge >= 0.3 is 5.97 Å². The van der Waals surface area contributed by atoms with E-state index in [0.717, 1.165) is 5.56 Å². The number of hydrogen-bond donors (Lipinski definition) is 2. The minimum Gasteiger partial charge on any atom is -0.480 e. The van der Waals surface area contributed by atoms with E-state index < -0.39 is 12.0 Å². The molecule has 3 N–H and O–H groups in total. The molecule has 4 nitrogen and oxygen atoms in total. The smallest absolute Gasteiger partial charge is 0.320 e. The Morgan fingerprint density at radius 1 is 1.33 bits per heavy atom. The van der Waals surface area contributed by atoms with E-state index in [1.165, 1.54) is 0 Å². The average molecular weight is 247 g/mol. The molecule has 0 heterocycles. The molecule has 0 saturated heterocycles. The summed E-state index contributed by atoms with van der Waals surface area (Å²) in [6.45, 7) is 5.57. The van der Waals surface area contributed by atoms with Crippen molar-refractivity contribution in [2.45, 2.75) is 25.8 Å². The van der Waals surface area contributed by atoms with E-state index in [1.54, 1.807) is 24.3 Å². The van der Waals surface area contributed by atoms with E-state index in [0.29, 0.717) is 17.6 Å². The van der Waals surface area contributed by atoms with Crippen LogP contribution in [0.3, 0.4) is 0 Å². The summed E-state index contributed by atoms with van der Waals surface area (Å²) in [6.07, 6.45) is 0.864. The highest BCUT2D eigenvalue weighted by Gasteiger charge is 2.13. The molecule has 0 fully saturated rings. The van der Waals surface area contributed by atoms with Gasteiger partial charge in [-0.3, -0.25) is 9.59 Å². The number of aliphatic carboxylic acids is 1. The minimum atomic E-state index is -1.03. The summed E-state index contributed by atoms with van der Waals surface area (Å²) in [5.74, 6) is -1.11. The van der Waals surface area contributed by atoms with Crippen molar-refractivity contribution in [1.29, 1.82) is 0 Å². The summed E-state index contributed by atoms with van der Waals surface area (Å²) in [5, 5.41) is 8.70. The number of Topliss-reactive ketones (excluding diaryl/α,β-unsaturated/α-hetero) is 1. The second kappa shape index (κ2) is 6.12. The van der Waals surface area contributed by atoms with Gasteiger partial charge in [0.25, 0.3) is 0 Å². The number of carbonyl (C=O) groups excluding carboxylic acids is 1. The normalized spacial score (nSPS) is 11.9. The van der Waals surface area contributed by atoms with E-state index >= 15 is 0 Å². The fourth-order valence-corrected chi connectivity index (χ4v) is 1.50. The van der Waals surface area contributed by atoms with Crippen molar-refractivity contribution < 1.29 is 14.7 Å². The Balaban J connectivity index is 2.77. The summed E-state index contributed by atoms with van der Waals surface area (Å²) in [4.78, 5) is 22.4. The quantitative estimate of drug-likeness (QED) is 0.593. The predicted molar refractivity (Wildman–Crippen MR) is 69.5 cm³/mol. The van der Waals surface area contributed by atoms with Crippen LogP contribution in [-0.2, 0) is 11.2 Å². The van der Waals surface area contributed by atoms with Crippen LogP contribution in [0.5, 0.6) is 0 Å². The van der Waals surface area contributed by atoms with Crippen LogP contribution < -0.4 is 5.73 Å². The van der Waals surface area contributed by atoms with Crippen LogP contribution in [0.2, 0.25) is 0 Å². The highest BCUT2D eigenvalue weighted by molar-refractivity contribution is 6.08. The first-order valence-corrected chi connectivity index (χ1v) is 5.75. The van der Waals surface area contributed by atoms with Crippen LogP contribution in [0.4, 0.5) is 0 Å². The van der Waals surface area contributed by atoms with Crippen molar-refractivity contribution in [3.63, 3.8) is 0 Å². The molecule has 0 aromatic heterocycles. The molecule has 1 rings (SSSR count). The number of ketones is 1. The molecule has 18 heavy (non-hydrogen) atoms. The Kier molecular flexibility index (Phi) is 4.80. The number of allylic oxidation sites excluding steroid dienone is 1. The van der Waals surface area contributed by atoms with Crippen LogP contribution in [0, 0.1) is 0 Å². The molecule has 0 aliphatic carbocycles. The number of benzene rings is 1. The van der Waals surface area contributed by atoms with Crippen molar-refractivity contribution in [1.82, 2.24) is 0 Å². The average Bonchev–Trinajstić information content (AvgIpc) is 2.37. The fraction of sp³-hybridized carbons (Fsp3) is 0.286. The van der Waals surface area contributed by atoms with Crippen molar-refractivity contribution in [2.75, 3.05) is 0 Å². The monoisotopic (exact) mass is 247 g/mol.